The zero-order valence-electron chi connectivity index (χ0n) is 16.1. The maximum absolute atomic E-state index is 12.1. The number of hydrogen-bond acceptors (Lipinski definition) is 6. The van der Waals surface area contributed by atoms with Crippen LogP contribution in [0.15, 0.2) is 30.6 Å². The highest BCUT2D eigenvalue weighted by Crippen LogP contribution is 2.33. The highest BCUT2D eigenvalue weighted by Gasteiger charge is 2.25. The van der Waals surface area contributed by atoms with Crippen LogP contribution in [0.5, 0.6) is 5.88 Å². The van der Waals surface area contributed by atoms with Crippen LogP contribution < -0.4 is 10.5 Å². The molecule has 9 nitrogen and oxygen atoms in total. The second-order valence-corrected chi connectivity index (χ2v) is 6.96. The average Bonchev–Trinajstić information content (AvgIpc) is 2.99. The molecule has 0 aliphatic rings. The Bertz CT molecular complexity index is 1140. The fourth-order valence-corrected chi connectivity index (χ4v) is 3.55. The number of nitrogens with zero attached hydrogens (tertiary/aromatic N) is 3. The number of fused-ring (bicyclic) bond motifs is 1. The van der Waals surface area contributed by atoms with Gasteiger partial charge in [0.25, 0.3) is 5.91 Å². The first-order valence-electron chi connectivity index (χ1n) is 9.08. The van der Waals surface area contributed by atoms with Gasteiger partial charge in [0.2, 0.25) is 11.7 Å². The van der Waals surface area contributed by atoms with Crippen LogP contribution in [0.4, 0.5) is 0 Å². The van der Waals surface area contributed by atoms with Gasteiger partial charge >= 0.3 is 5.97 Å². The molecule has 1 aromatic carbocycles. The van der Waals surface area contributed by atoms with Gasteiger partial charge in [-0.3, -0.25) is 9.59 Å². The molecule has 3 rings (SSSR count). The van der Waals surface area contributed by atoms with Gasteiger partial charge in [0.05, 0.1) is 5.39 Å². The lowest BCUT2D eigenvalue weighted by atomic mass is 10.0. The number of amides is 1. The van der Waals surface area contributed by atoms with Crippen LogP contribution in [-0.2, 0) is 33.8 Å². The third kappa shape index (κ3) is 4.41. The first-order valence-corrected chi connectivity index (χ1v) is 9.46. The first-order chi connectivity index (χ1) is 14.3. The third-order valence-electron chi connectivity index (χ3n) is 4.53. The monoisotopic (exact) mass is 430 g/mol. The number of primary amides is 1. The van der Waals surface area contributed by atoms with Crippen molar-refractivity contribution in [2.75, 3.05) is 6.61 Å². The number of carbonyl (C=O) groups excluding carboxylic acids is 2. The van der Waals surface area contributed by atoms with Gasteiger partial charge in [0, 0.05) is 23.7 Å². The molecule has 0 aliphatic carbocycles. The summed E-state index contributed by atoms with van der Waals surface area (Å²) in [6.07, 6.45) is 1.50. The number of aromatic nitrogens is 3. The second kappa shape index (κ2) is 8.91. The second-order valence-electron chi connectivity index (χ2n) is 6.52. The van der Waals surface area contributed by atoms with E-state index in [4.69, 9.17) is 27.2 Å². The standard InChI is InChI=1S/C20H19ClN4O5/c1-2-14-13(7-15(26)18(22)29)17-19(23-10-24-20(17)30-9-16(27)28)25(14)8-11-4-3-5-12(21)6-11/h3-6,10H,2,7-9H2,1H3,(H2,22,29)(H,27,28). The van der Waals surface area contributed by atoms with Crippen LogP contribution >= 0.6 is 11.6 Å². The molecule has 0 aliphatic heterocycles. The molecule has 156 valence electrons. The molecule has 1 amide bonds. The summed E-state index contributed by atoms with van der Waals surface area (Å²) in [6.45, 7) is 1.67. The number of carbonyl (C=O) groups is 3. The van der Waals surface area contributed by atoms with Crippen molar-refractivity contribution in [2.24, 2.45) is 5.73 Å². The summed E-state index contributed by atoms with van der Waals surface area (Å²) in [4.78, 5) is 42.9. The van der Waals surface area contributed by atoms with Gasteiger partial charge in [-0.05, 0) is 29.7 Å². The third-order valence-corrected chi connectivity index (χ3v) is 4.77. The Hall–Kier alpha value is -3.46. The predicted molar refractivity (Wildman–Crippen MR) is 108 cm³/mol. The number of Topliss-reactive ketones (excluding diaryl/α,β-unsaturated/α-hetero) is 1. The minimum atomic E-state index is -1.18. The van der Waals surface area contributed by atoms with Crippen molar-refractivity contribution >= 4 is 40.3 Å². The van der Waals surface area contributed by atoms with Crippen molar-refractivity contribution in [1.29, 1.82) is 0 Å². The Morgan fingerprint density at radius 2 is 2.03 bits per heavy atom. The van der Waals surface area contributed by atoms with E-state index < -0.39 is 24.3 Å². The van der Waals surface area contributed by atoms with Gasteiger partial charge in [0.1, 0.15) is 12.0 Å². The lowest BCUT2D eigenvalue weighted by Crippen LogP contribution is -2.25. The van der Waals surface area contributed by atoms with Crippen LogP contribution in [0.1, 0.15) is 23.7 Å². The van der Waals surface area contributed by atoms with E-state index in [2.05, 4.69) is 9.97 Å². The van der Waals surface area contributed by atoms with Gasteiger partial charge in [-0.25, -0.2) is 14.8 Å². The van der Waals surface area contributed by atoms with E-state index in [1.165, 1.54) is 6.33 Å². The molecule has 30 heavy (non-hydrogen) atoms. The summed E-state index contributed by atoms with van der Waals surface area (Å²) in [5.41, 5.74) is 7.72. The molecule has 3 N–H and O–H groups in total. The van der Waals surface area contributed by atoms with Crippen molar-refractivity contribution in [3.63, 3.8) is 0 Å². The lowest BCUT2D eigenvalue weighted by Gasteiger charge is -2.10. The van der Waals surface area contributed by atoms with Crippen molar-refractivity contribution in [1.82, 2.24) is 14.5 Å². The molecule has 3 aromatic rings. The number of rotatable bonds is 9. The van der Waals surface area contributed by atoms with Gasteiger partial charge in [-0.1, -0.05) is 30.7 Å². The zero-order valence-corrected chi connectivity index (χ0v) is 16.8. The molecule has 0 spiro atoms. The predicted octanol–water partition coefficient (Wildman–Crippen LogP) is 1.76. The number of aliphatic carboxylic acids is 1. The minimum absolute atomic E-state index is 0.0224. The molecule has 0 saturated carbocycles. The van der Waals surface area contributed by atoms with E-state index in [9.17, 15) is 14.4 Å². The fraction of sp³-hybridized carbons (Fsp3) is 0.250. The number of ether oxygens (including phenoxy) is 1. The van der Waals surface area contributed by atoms with E-state index in [0.29, 0.717) is 34.6 Å². The molecular formula is C20H19ClN4O5. The normalized spacial score (nSPS) is 10.9. The van der Waals surface area contributed by atoms with E-state index >= 15 is 0 Å². The Morgan fingerprint density at radius 3 is 2.67 bits per heavy atom. The Kier molecular flexibility index (Phi) is 6.31. The van der Waals surface area contributed by atoms with Gasteiger partial charge in [-0.15, -0.1) is 0 Å². The Morgan fingerprint density at radius 1 is 1.27 bits per heavy atom. The van der Waals surface area contributed by atoms with Crippen molar-refractivity contribution in [2.45, 2.75) is 26.3 Å². The smallest absolute Gasteiger partial charge is 0.341 e. The fourth-order valence-electron chi connectivity index (χ4n) is 3.33. The first kappa shape index (κ1) is 21.3. The number of nitrogens with two attached hydrogens (primary N) is 1. The lowest BCUT2D eigenvalue weighted by molar-refractivity contribution is -0.139. The molecule has 0 atom stereocenters. The van der Waals surface area contributed by atoms with E-state index in [0.717, 1.165) is 11.3 Å². The molecule has 2 heterocycles. The van der Waals surface area contributed by atoms with Crippen LogP contribution in [0.2, 0.25) is 5.02 Å². The largest absolute Gasteiger partial charge is 0.479 e. The minimum Gasteiger partial charge on any atom is -0.479 e. The zero-order chi connectivity index (χ0) is 21.8. The summed E-state index contributed by atoms with van der Waals surface area (Å²) in [5.74, 6) is -2.99. The van der Waals surface area contributed by atoms with E-state index in [-0.39, 0.29) is 12.3 Å². The van der Waals surface area contributed by atoms with Crippen LogP contribution in [0, 0.1) is 0 Å². The maximum Gasteiger partial charge on any atom is 0.341 e. The number of carboxylic acid groups (broad SMARTS) is 1. The molecule has 10 heteroatoms. The highest BCUT2D eigenvalue weighted by atomic mass is 35.5. The topological polar surface area (TPSA) is 137 Å². The Labute approximate surface area is 176 Å². The summed E-state index contributed by atoms with van der Waals surface area (Å²) in [7, 11) is 0. The molecule has 0 bridgehead atoms. The maximum atomic E-state index is 12.1. The molecule has 0 fully saturated rings. The number of carboxylic acids is 1. The van der Waals surface area contributed by atoms with Crippen molar-refractivity contribution < 1.29 is 24.2 Å². The highest BCUT2D eigenvalue weighted by molar-refractivity contribution is 6.36. The van der Waals surface area contributed by atoms with Crippen molar-refractivity contribution in [3.05, 3.63) is 52.4 Å². The summed E-state index contributed by atoms with van der Waals surface area (Å²) >= 11 is 6.10. The van der Waals surface area contributed by atoms with Crippen LogP contribution in [0.25, 0.3) is 11.0 Å². The molecular weight excluding hydrogens is 412 g/mol. The number of ketones is 1. The molecule has 2 aromatic heterocycles. The molecule has 0 saturated heterocycles. The quantitative estimate of drug-likeness (QED) is 0.493. The van der Waals surface area contributed by atoms with E-state index in [1.807, 2.05) is 29.7 Å². The summed E-state index contributed by atoms with van der Waals surface area (Å²) < 4.78 is 7.21. The van der Waals surface area contributed by atoms with Crippen LogP contribution in [-0.4, -0.2) is 43.9 Å². The van der Waals surface area contributed by atoms with Crippen LogP contribution in [0.3, 0.4) is 0 Å². The number of benzene rings is 1. The summed E-state index contributed by atoms with van der Waals surface area (Å²) in [6, 6.07) is 7.29. The summed E-state index contributed by atoms with van der Waals surface area (Å²) in [5, 5.41) is 9.92. The number of halogens is 1. The Balaban J connectivity index is 2.21. The van der Waals surface area contributed by atoms with E-state index in [1.54, 1.807) is 6.07 Å². The SMILES string of the molecule is CCc1c(CC(=O)C(N)=O)c2c(OCC(=O)O)ncnc2n1Cc1cccc(Cl)c1. The number of hydrogen-bond donors (Lipinski definition) is 2. The van der Waals surface area contributed by atoms with Gasteiger partial charge in [0.15, 0.2) is 6.61 Å². The molecule has 0 radical (unpaired) electrons. The molecule has 0 unspecified atom stereocenters. The van der Waals surface area contributed by atoms with Gasteiger partial charge in [-0.2, -0.15) is 0 Å². The average molecular weight is 431 g/mol. The van der Waals surface area contributed by atoms with Crippen molar-refractivity contribution in [3.8, 4) is 5.88 Å². The van der Waals surface area contributed by atoms with Gasteiger partial charge < -0.3 is 20.1 Å².